The number of pyridine rings is 2. The number of carbonyl (C=O) groups excluding carboxylic acids is 1. The molecule has 1 aliphatic heterocycles. The van der Waals surface area contributed by atoms with Crippen LogP contribution in [0.3, 0.4) is 0 Å². The number of urea groups is 1. The van der Waals surface area contributed by atoms with Gasteiger partial charge in [0.15, 0.2) is 5.65 Å². The van der Waals surface area contributed by atoms with Crippen LogP contribution in [0.4, 0.5) is 29.5 Å². The minimum Gasteiger partial charge on any atom is -0.369 e. The van der Waals surface area contributed by atoms with Crippen LogP contribution in [0, 0.1) is 5.41 Å². The molecule has 2 fully saturated rings. The van der Waals surface area contributed by atoms with Crippen LogP contribution in [-0.2, 0) is 6.18 Å². The van der Waals surface area contributed by atoms with Crippen molar-refractivity contribution < 1.29 is 18.0 Å². The van der Waals surface area contributed by atoms with Gasteiger partial charge in [-0.3, -0.25) is 10.4 Å². The minimum atomic E-state index is -4.45. The molecule has 3 aromatic heterocycles. The first-order chi connectivity index (χ1) is 14.3. The summed E-state index contributed by atoms with van der Waals surface area (Å²) in [5.74, 6) is 0.0755. The number of aromatic nitrogens is 4. The lowest BCUT2D eigenvalue weighted by Gasteiger charge is -2.59. The SMILES string of the molecule is O=C(Nc1ccc(C(F)(F)F)cn1)NC1CC2(C1)CN(c1cnc3[nH]ncc3c1)C2. The summed E-state index contributed by atoms with van der Waals surface area (Å²) in [4.78, 5) is 22.3. The van der Waals surface area contributed by atoms with Gasteiger partial charge in [-0.05, 0) is 31.0 Å². The summed E-state index contributed by atoms with van der Waals surface area (Å²) < 4.78 is 37.7. The van der Waals surface area contributed by atoms with Gasteiger partial charge in [0.05, 0.1) is 23.6 Å². The first-order valence-corrected chi connectivity index (χ1v) is 9.45. The van der Waals surface area contributed by atoms with Crippen molar-refractivity contribution >= 4 is 28.6 Å². The molecule has 0 bridgehead atoms. The van der Waals surface area contributed by atoms with Gasteiger partial charge < -0.3 is 10.2 Å². The molecule has 3 aromatic rings. The van der Waals surface area contributed by atoms with E-state index >= 15 is 0 Å². The maximum atomic E-state index is 12.6. The molecule has 0 atom stereocenters. The summed E-state index contributed by atoms with van der Waals surface area (Å²) >= 11 is 0. The van der Waals surface area contributed by atoms with E-state index in [1.54, 1.807) is 6.20 Å². The molecular formula is C19H18F3N7O. The van der Waals surface area contributed by atoms with Gasteiger partial charge in [0.25, 0.3) is 0 Å². The van der Waals surface area contributed by atoms with Crippen molar-refractivity contribution in [3.63, 3.8) is 0 Å². The monoisotopic (exact) mass is 417 g/mol. The summed E-state index contributed by atoms with van der Waals surface area (Å²) in [7, 11) is 0. The third-order valence-electron chi connectivity index (χ3n) is 5.72. The topological polar surface area (TPSA) is 98.8 Å². The fourth-order valence-corrected chi connectivity index (χ4v) is 4.26. The molecule has 11 heteroatoms. The van der Waals surface area contributed by atoms with Crippen molar-refractivity contribution in [3.05, 3.63) is 42.4 Å². The quantitative estimate of drug-likeness (QED) is 0.608. The van der Waals surface area contributed by atoms with Crippen LogP contribution in [0.1, 0.15) is 18.4 Å². The molecule has 1 saturated heterocycles. The molecule has 30 heavy (non-hydrogen) atoms. The van der Waals surface area contributed by atoms with E-state index in [1.165, 1.54) is 0 Å². The highest BCUT2D eigenvalue weighted by Gasteiger charge is 2.52. The Morgan fingerprint density at radius 2 is 1.97 bits per heavy atom. The maximum Gasteiger partial charge on any atom is 0.417 e. The lowest BCUT2D eigenvalue weighted by Crippen LogP contribution is -2.67. The number of alkyl halides is 3. The van der Waals surface area contributed by atoms with E-state index < -0.39 is 17.8 Å². The molecule has 2 aliphatic rings. The smallest absolute Gasteiger partial charge is 0.369 e. The van der Waals surface area contributed by atoms with Gasteiger partial charge in [-0.2, -0.15) is 18.3 Å². The van der Waals surface area contributed by atoms with Crippen molar-refractivity contribution in [1.82, 2.24) is 25.5 Å². The minimum absolute atomic E-state index is 0.0380. The first kappa shape index (κ1) is 18.6. The van der Waals surface area contributed by atoms with E-state index in [9.17, 15) is 18.0 Å². The third kappa shape index (κ3) is 3.40. The zero-order chi connectivity index (χ0) is 20.9. The maximum absolute atomic E-state index is 12.6. The molecule has 4 heterocycles. The van der Waals surface area contributed by atoms with Crippen LogP contribution in [0.5, 0.6) is 0 Å². The lowest BCUT2D eigenvalue weighted by molar-refractivity contribution is -0.137. The molecule has 2 amide bonds. The number of rotatable bonds is 3. The number of nitrogens with zero attached hydrogens (tertiary/aromatic N) is 4. The Kier molecular flexibility index (Phi) is 4.09. The number of H-pyrrole nitrogens is 1. The zero-order valence-electron chi connectivity index (χ0n) is 15.7. The van der Waals surface area contributed by atoms with Crippen molar-refractivity contribution in [2.45, 2.75) is 25.1 Å². The summed E-state index contributed by atoms with van der Waals surface area (Å²) in [6.07, 6.45) is 1.54. The highest BCUT2D eigenvalue weighted by molar-refractivity contribution is 5.88. The molecule has 1 aliphatic carbocycles. The number of hydrogen-bond acceptors (Lipinski definition) is 5. The van der Waals surface area contributed by atoms with Gasteiger partial charge in [0.1, 0.15) is 5.82 Å². The van der Waals surface area contributed by atoms with Crippen LogP contribution >= 0.6 is 0 Å². The molecular weight excluding hydrogens is 399 g/mol. The van der Waals surface area contributed by atoms with E-state index in [2.05, 4.69) is 41.8 Å². The summed E-state index contributed by atoms with van der Waals surface area (Å²) in [5.41, 5.74) is 1.15. The summed E-state index contributed by atoms with van der Waals surface area (Å²) in [6.45, 7) is 1.80. The van der Waals surface area contributed by atoms with Gasteiger partial charge in [0, 0.05) is 36.1 Å². The van der Waals surface area contributed by atoms with E-state index in [-0.39, 0.29) is 17.3 Å². The molecule has 8 nitrogen and oxygen atoms in total. The zero-order valence-corrected chi connectivity index (χ0v) is 15.7. The number of carbonyl (C=O) groups is 1. The van der Waals surface area contributed by atoms with E-state index in [0.717, 1.165) is 54.8 Å². The van der Waals surface area contributed by atoms with Crippen LogP contribution in [-0.4, -0.2) is 45.3 Å². The molecule has 3 N–H and O–H groups in total. The molecule has 1 spiro atoms. The van der Waals surface area contributed by atoms with Crippen molar-refractivity contribution in [3.8, 4) is 0 Å². The first-order valence-electron chi connectivity index (χ1n) is 9.45. The van der Waals surface area contributed by atoms with Crippen LogP contribution in [0.25, 0.3) is 11.0 Å². The summed E-state index contributed by atoms with van der Waals surface area (Å²) in [6, 6.07) is 3.65. The van der Waals surface area contributed by atoms with E-state index in [0.29, 0.717) is 6.20 Å². The van der Waals surface area contributed by atoms with Crippen molar-refractivity contribution in [2.24, 2.45) is 5.41 Å². The molecule has 0 radical (unpaired) electrons. The number of fused-ring (bicyclic) bond motifs is 1. The average molecular weight is 417 g/mol. The largest absolute Gasteiger partial charge is 0.417 e. The molecule has 156 valence electrons. The number of amides is 2. The van der Waals surface area contributed by atoms with Gasteiger partial charge >= 0.3 is 12.2 Å². The number of nitrogens with one attached hydrogen (secondary N) is 3. The number of anilines is 2. The standard InChI is InChI=1S/C19H18F3N7O/c20-19(21,22)12-1-2-15(23-7-12)27-17(30)26-13-4-18(5-13)9-29(10-18)14-3-11-6-25-28-16(11)24-8-14/h1-3,6-8,13H,4-5,9-10H2,(H,24,25,28)(H2,23,26,27,30). The molecule has 5 rings (SSSR count). The van der Waals surface area contributed by atoms with Gasteiger partial charge in [-0.25, -0.2) is 14.8 Å². The number of halogens is 3. The lowest BCUT2D eigenvalue weighted by atomic mass is 9.60. The fourth-order valence-electron chi connectivity index (χ4n) is 4.26. The second kappa shape index (κ2) is 6.57. The molecule has 0 unspecified atom stereocenters. The van der Waals surface area contributed by atoms with Gasteiger partial charge in [-0.15, -0.1) is 0 Å². The Balaban J connectivity index is 1.09. The second-order valence-electron chi connectivity index (χ2n) is 7.99. The predicted octanol–water partition coefficient (Wildman–Crippen LogP) is 3.16. The number of hydrogen-bond donors (Lipinski definition) is 3. The van der Waals surface area contributed by atoms with Crippen molar-refractivity contribution in [1.29, 1.82) is 0 Å². The van der Waals surface area contributed by atoms with Gasteiger partial charge in [-0.1, -0.05) is 0 Å². The highest BCUT2D eigenvalue weighted by atomic mass is 19.4. The average Bonchev–Trinajstić information content (AvgIpc) is 3.10. The van der Waals surface area contributed by atoms with E-state index in [4.69, 9.17) is 0 Å². The number of aromatic amines is 1. The fraction of sp³-hybridized carbons (Fsp3) is 0.368. The van der Waals surface area contributed by atoms with Crippen LogP contribution in [0.15, 0.2) is 36.8 Å². The highest BCUT2D eigenvalue weighted by Crippen LogP contribution is 2.49. The Hall–Kier alpha value is -3.37. The predicted molar refractivity (Wildman–Crippen MR) is 103 cm³/mol. The van der Waals surface area contributed by atoms with Crippen LogP contribution < -0.4 is 15.5 Å². The van der Waals surface area contributed by atoms with Gasteiger partial charge in [0.2, 0.25) is 0 Å². The molecule has 1 saturated carbocycles. The summed E-state index contributed by atoms with van der Waals surface area (Å²) in [5, 5.41) is 13.1. The Labute approximate surface area is 168 Å². The van der Waals surface area contributed by atoms with Crippen molar-refractivity contribution in [2.75, 3.05) is 23.3 Å². The second-order valence-corrected chi connectivity index (χ2v) is 7.99. The Bertz CT molecular complexity index is 1080. The molecule has 0 aromatic carbocycles. The Morgan fingerprint density at radius 3 is 2.67 bits per heavy atom. The normalized spacial score (nSPS) is 18.2. The Morgan fingerprint density at radius 1 is 1.17 bits per heavy atom. The van der Waals surface area contributed by atoms with Crippen LogP contribution in [0.2, 0.25) is 0 Å². The van der Waals surface area contributed by atoms with E-state index in [1.807, 2.05) is 6.20 Å². The third-order valence-corrected chi connectivity index (χ3v) is 5.72.